The first-order valence-corrected chi connectivity index (χ1v) is 15.9. The molecule has 250 valence electrons. The average Bonchev–Trinajstić information content (AvgIpc) is 3.43. The summed E-state index contributed by atoms with van der Waals surface area (Å²) in [5, 5.41) is 5.71. The van der Waals surface area contributed by atoms with Gasteiger partial charge in [0, 0.05) is 34.9 Å². The molecule has 0 aromatic heterocycles. The number of carbonyl (C=O) groups excluding carboxylic acids is 4. The summed E-state index contributed by atoms with van der Waals surface area (Å²) in [6.07, 6.45) is 1.42. The fourth-order valence-corrected chi connectivity index (χ4v) is 6.64. The zero-order valence-corrected chi connectivity index (χ0v) is 29.1. The van der Waals surface area contributed by atoms with E-state index in [1.165, 1.54) is 0 Å². The highest BCUT2D eigenvalue weighted by Gasteiger charge is 2.43. The van der Waals surface area contributed by atoms with Crippen LogP contribution in [0.3, 0.4) is 0 Å². The Labute approximate surface area is 260 Å². The monoisotopic (exact) mass is 611 g/mol. The Morgan fingerprint density at radius 2 is 1.53 bits per heavy atom. The first-order chi connectivity index (χ1) is 20.1. The normalized spacial score (nSPS) is 20.4. The van der Waals surface area contributed by atoms with Gasteiger partial charge in [-0.05, 0) is 44.7 Å². The highest BCUT2D eigenvalue weighted by molar-refractivity contribution is 5.90. The molecule has 0 saturated carbocycles. The van der Waals surface area contributed by atoms with Crippen molar-refractivity contribution in [1.82, 2.24) is 25.3 Å². The van der Waals surface area contributed by atoms with Crippen LogP contribution in [0, 0.1) is 23.7 Å². The van der Waals surface area contributed by atoms with Crippen molar-refractivity contribution in [3.8, 4) is 0 Å². The van der Waals surface area contributed by atoms with Crippen LogP contribution in [-0.2, 0) is 28.7 Å². The minimum atomic E-state index is -0.727. The molecule has 8 atom stereocenters. The first kappa shape index (κ1) is 38.8. The van der Waals surface area contributed by atoms with Crippen molar-refractivity contribution in [1.29, 1.82) is 0 Å². The van der Waals surface area contributed by atoms with Crippen LogP contribution in [-0.4, -0.2) is 124 Å². The Morgan fingerprint density at radius 1 is 0.930 bits per heavy atom. The largest absolute Gasteiger partial charge is 0.379 e. The van der Waals surface area contributed by atoms with E-state index in [0.717, 1.165) is 19.3 Å². The maximum Gasteiger partial charge on any atom is 0.245 e. The second-order valence-corrected chi connectivity index (χ2v) is 13.1. The number of hydrogen-bond donors (Lipinski definition) is 2. The highest BCUT2D eigenvalue weighted by atomic mass is 16.5. The molecule has 1 saturated heterocycles. The molecule has 0 unspecified atom stereocenters. The lowest BCUT2D eigenvalue weighted by molar-refractivity contribution is -0.148. The van der Waals surface area contributed by atoms with E-state index in [4.69, 9.17) is 9.47 Å². The Balaban J connectivity index is 3.26. The van der Waals surface area contributed by atoms with E-state index < -0.39 is 30.2 Å². The zero-order chi connectivity index (χ0) is 33.2. The van der Waals surface area contributed by atoms with Gasteiger partial charge >= 0.3 is 0 Å². The molecule has 1 aliphatic rings. The number of rotatable bonds is 17. The van der Waals surface area contributed by atoms with Crippen molar-refractivity contribution in [2.45, 2.75) is 111 Å². The van der Waals surface area contributed by atoms with Crippen molar-refractivity contribution in [3.63, 3.8) is 0 Å². The summed E-state index contributed by atoms with van der Waals surface area (Å²) in [5.74, 6) is -1.08. The number of carbonyl (C=O) groups is 4. The molecular formula is C32H61N5O6. The molecule has 1 rings (SSSR count). The van der Waals surface area contributed by atoms with Crippen molar-refractivity contribution < 1.29 is 28.7 Å². The molecule has 1 heterocycles. The Hall–Kier alpha value is -2.24. The molecule has 4 amide bonds. The topological polar surface area (TPSA) is 121 Å². The van der Waals surface area contributed by atoms with E-state index in [2.05, 4.69) is 24.5 Å². The Bertz CT molecular complexity index is 905. The molecule has 0 aliphatic carbocycles. The summed E-state index contributed by atoms with van der Waals surface area (Å²) < 4.78 is 11.7. The van der Waals surface area contributed by atoms with Gasteiger partial charge in [-0.2, -0.15) is 0 Å². The number of methoxy groups -OCH3 is 2. The number of hydrogen-bond acceptors (Lipinski definition) is 7. The molecule has 1 aliphatic heterocycles. The third kappa shape index (κ3) is 9.88. The second-order valence-electron chi connectivity index (χ2n) is 13.1. The van der Waals surface area contributed by atoms with Crippen molar-refractivity contribution >= 4 is 23.6 Å². The van der Waals surface area contributed by atoms with E-state index in [-0.39, 0.29) is 59.9 Å². The molecule has 0 radical (unpaired) electrons. The summed E-state index contributed by atoms with van der Waals surface area (Å²) in [7, 11) is 10.2. The lowest BCUT2D eigenvalue weighted by Gasteiger charge is -2.41. The van der Waals surface area contributed by atoms with Crippen LogP contribution in [0.5, 0.6) is 0 Å². The van der Waals surface area contributed by atoms with Crippen LogP contribution in [0.25, 0.3) is 0 Å². The first-order valence-electron chi connectivity index (χ1n) is 15.9. The number of nitrogens with zero attached hydrogens (tertiary/aromatic N) is 3. The molecule has 11 nitrogen and oxygen atoms in total. The predicted octanol–water partition coefficient (Wildman–Crippen LogP) is 2.38. The average molecular weight is 612 g/mol. The minimum absolute atomic E-state index is 0.0229. The standard InChI is InChI=1S/C32H61N5O6/c1-14-21(6)28(36(11)32(41)26(19(2)3)34-31(40)27(20(4)5)35(9)10)24(42-12)18-25(38)37-17-15-16-23(37)29(43-13)22(7)30(39)33-8/h19-24,26-29H,14-18H2,1-13H3,(H,33,39)(H,34,40)/t21-,22+,23-,24+,26-,27-,28-,29+/m0/s1. The van der Waals surface area contributed by atoms with E-state index in [1.54, 1.807) is 33.2 Å². The van der Waals surface area contributed by atoms with Gasteiger partial charge in [0.2, 0.25) is 23.6 Å². The molecule has 2 N–H and O–H groups in total. The molecule has 0 spiro atoms. The van der Waals surface area contributed by atoms with Crippen LogP contribution in [0.2, 0.25) is 0 Å². The molecule has 11 heteroatoms. The van der Waals surface area contributed by atoms with Crippen LogP contribution in [0.1, 0.15) is 74.1 Å². The van der Waals surface area contributed by atoms with Gasteiger partial charge in [-0.25, -0.2) is 0 Å². The quantitative estimate of drug-likeness (QED) is 0.259. The maximum atomic E-state index is 14.0. The van der Waals surface area contributed by atoms with Gasteiger partial charge in [0.15, 0.2) is 0 Å². The third-order valence-electron chi connectivity index (χ3n) is 9.19. The number of nitrogens with one attached hydrogen (secondary N) is 2. The van der Waals surface area contributed by atoms with Gasteiger partial charge in [-0.15, -0.1) is 0 Å². The van der Waals surface area contributed by atoms with E-state index in [9.17, 15) is 19.2 Å². The van der Waals surface area contributed by atoms with Crippen LogP contribution in [0.4, 0.5) is 0 Å². The van der Waals surface area contributed by atoms with E-state index in [1.807, 2.05) is 58.5 Å². The molecule has 0 bridgehead atoms. The number of likely N-dealkylation sites (N-methyl/N-ethyl adjacent to an activating group) is 2. The highest BCUT2D eigenvalue weighted by Crippen LogP contribution is 2.29. The summed E-state index contributed by atoms with van der Waals surface area (Å²) in [5.41, 5.74) is 0. The van der Waals surface area contributed by atoms with Gasteiger partial charge in [-0.3, -0.25) is 24.1 Å². The molecule has 43 heavy (non-hydrogen) atoms. The maximum absolute atomic E-state index is 14.0. The van der Waals surface area contributed by atoms with Gasteiger partial charge in [0.05, 0.1) is 42.7 Å². The third-order valence-corrected chi connectivity index (χ3v) is 9.19. The minimum Gasteiger partial charge on any atom is -0.379 e. The van der Waals surface area contributed by atoms with Crippen molar-refractivity contribution in [2.24, 2.45) is 23.7 Å². The predicted molar refractivity (Wildman–Crippen MR) is 169 cm³/mol. The van der Waals surface area contributed by atoms with Crippen LogP contribution < -0.4 is 10.6 Å². The SMILES string of the molecule is CC[C@H](C)[C@@H]([C@@H](CC(=O)N1CCC[C@H]1[C@H](OC)[C@@H](C)C(=O)NC)OC)N(C)C(=O)[C@@H](NC(=O)[C@H](C(C)C)N(C)C)C(C)C. The lowest BCUT2D eigenvalue weighted by Crippen LogP contribution is -2.59. The van der Waals surface area contributed by atoms with E-state index >= 15 is 0 Å². The fourth-order valence-electron chi connectivity index (χ4n) is 6.64. The molecule has 0 aromatic carbocycles. The number of likely N-dealkylation sites (tertiary alicyclic amines) is 1. The van der Waals surface area contributed by atoms with Gasteiger partial charge in [0.25, 0.3) is 0 Å². The van der Waals surface area contributed by atoms with Gasteiger partial charge in [0.1, 0.15) is 6.04 Å². The Kier molecular flexibility index (Phi) is 16.1. The van der Waals surface area contributed by atoms with Crippen molar-refractivity contribution in [2.75, 3.05) is 49.0 Å². The van der Waals surface area contributed by atoms with Gasteiger partial charge < -0.3 is 29.9 Å². The summed E-state index contributed by atoms with van der Waals surface area (Å²) >= 11 is 0. The lowest BCUT2D eigenvalue weighted by atomic mass is 9.89. The second kappa shape index (κ2) is 17.9. The zero-order valence-electron chi connectivity index (χ0n) is 29.1. The number of ether oxygens (including phenoxy) is 2. The summed E-state index contributed by atoms with van der Waals surface area (Å²) in [6, 6.07) is -1.72. The summed E-state index contributed by atoms with van der Waals surface area (Å²) in [6.45, 7) is 14.3. The van der Waals surface area contributed by atoms with Crippen LogP contribution in [0.15, 0.2) is 0 Å². The van der Waals surface area contributed by atoms with Crippen molar-refractivity contribution in [3.05, 3.63) is 0 Å². The molecule has 0 aromatic rings. The molecule has 1 fully saturated rings. The Morgan fingerprint density at radius 3 is 1.98 bits per heavy atom. The summed E-state index contributed by atoms with van der Waals surface area (Å²) in [4.78, 5) is 58.9. The van der Waals surface area contributed by atoms with E-state index in [0.29, 0.717) is 6.54 Å². The number of amides is 4. The van der Waals surface area contributed by atoms with Crippen LogP contribution >= 0.6 is 0 Å². The fraction of sp³-hybridized carbons (Fsp3) is 0.875. The molecular weight excluding hydrogens is 550 g/mol. The van der Waals surface area contributed by atoms with Gasteiger partial charge in [-0.1, -0.05) is 54.9 Å². The smallest absolute Gasteiger partial charge is 0.245 e.